The lowest BCUT2D eigenvalue weighted by Gasteiger charge is -2.07. The zero-order valence-electron chi connectivity index (χ0n) is 7.46. The Hall–Kier alpha value is -1.31. The van der Waals surface area contributed by atoms with Crippen LogP contribution in [-0.2, 0) is 0 Å². The first-order valence-electron chi connectivity index (χ1n) is 4.05. The second-order valence-electron chi connectivity index (χ2n) is 3.19. The third-order valence-corrected chi connectivity index (χ3v) is 1.93. The molecule has 1 aromatic carbocycles. The van der Waals surface area contributed by atoms with Gasteiger partial charge in [0.15, 0.2) is 0 Å². The number of rotatable bonds is 2. The number of nitrogens with two attached hydrogens (primary N) is 1. The summed E-state index contributed by atoms with van der Waals surface area (Å²) in [5, 5.41) is 7.12. The molecular weight excluding hydrogens is 148 g/mol. The first-order valence-corrected chi connectivity index (χ1v) is 4.05. The molecule has 0 unspecified atom stereocenters. The summed E-state index contributed by atoms with van der Waals surface area (Å²) in [4.78, 5) is 0. The Labute approximate surface area is 72.9 Å². The second-order valence-corrected chi connectivity index (χ2v) is 3.19. The van der Waals surface area contributed by atoms with Crippen molar-refractivity contribution in [2.75, 3.05) is 5.73 Å². The topological polar surface area (TPSA) is 49.9 Å². The molecule has 2 heteroatoms. The molecule has 3 N–H and O–H groups in total. The molecule has 0 saturated carbocycles. The summed E-state index contributed by atoms with van der Waals surface area (Å²) in [5.74, 6) is 0.490. The van der Waals surface area contributed by atoms with Gasteiger partial charge in [-0.15, -0.1) is 0 Å². The van der Waals surface area contributed by atoms with Gasteiger partial charge in [0.25, 0.3) is 0 Å². The number of hydrogen-bond acceptors (Lipinski definition) is 2. The Morgan fingerprint density at radius 3 is 2.58 bits per heavy atom. The van der Waals surface area contributed by atoms with E-state index in [2.05, 4.69) is 13.8 Å². The van der Waals surface area contributed by atoms with Gasteiger partial charge < -0.3 is 11.1 Å². The standard InChI is InChI=1S/C10H14N2/c1-7(2)8-3-4-10(12)9(5-8)6-11/h3-7,11H,12H2,1-2H3. The highest BCUT2D eigenvalue weighted by molar-refractivity contribution is 5.85. The van der Waals surface area contributed by atoms with Crippen molar-refractivity contribution >= 4 is 11.9 Å². The van der Waals surface area contributed by atoms with Crippen LogP contribution in [0.4, 0.5) is 5.69 Å². The van der Waals surface area contributed by atoms with E-state index < -0.39 is 0 Å². The molecule has 12 heavy (non-hydrogen) atoms. The van der Waals surface area contributed by atoms with Crippen LogP contribution in [-0.4, -0.2) is 6.21 Å². The van der Waals surface area contributed by atoms with Gasteiger partial charge in [0.1, 0.15) is 0 Å². The number of nitrogen functional groups attached to an aromatic ring is 1. The Kier molecular flexibility index (Phi) is 2.48. The van der Waals surface area contributed by atoms with E-state index in [4.69, 9.17) is 11.1 Å². The maximum atomic E-state index is 7.12. The van der Waals surface area contributed by atoms with Crippen LogP contribution in [0.25, 0.3) is 0 Å². The van der Waals surface area contributed by atoms with Gasteiger partial charge in [-0.25, -0.2) is 0 Å². The highest BCUT2D eigenvalue weighted by atomic mass is 14.6. The van der Waals surface area contributed by atoms with E-state index in [1.807, 2.05) is 18.2 Å². The van der Waals surface area contributed by atoms with E-state index in [0.29, 0.717) is 11.6 Å². The average Bonchev–Trinajstić information content (AvgIpc) is 2.05. The van der Waals surface area contributed by atoms with Crippen LogP contribution in [0, 0.1) is 5.41 Å². The minimum Gasteiger partial charge on any atom is -0.398 e. The van der Waals surface area contributed by atoms with Crippen molar-refractivity contribution in [3.8, 4) is 0 Å². The maximum Gasteiger partial charge on any atom is 0.0403 e. The molecule has 0 spiro atoms. The van der Waals surface area contributed by atoms with Crippen LogP contribution in [0.15, 0.2) is 18.2 Å². The number of anilines is 1. The van der Waals surface area contributed by atoms with Gasteiger partial charge in [-0.3, -0.25) is 0 Å². The predicted octanol–water partition coefficient (Wildman–Crippen LogP) is 2.39. The highest BCUT2D eigenvalue weighted by Crippen LogP contribution is 2.18. The zero-order chi connectivity index (χ0) is 9.14. The van der Waals surface area contributed by atoms with Crippen LogP contribution >= 0.6 is 0 Å². The van der Waals surface area contributed by atoms with Gasteiger partial charge in [-0.1, -0.05) is 19.9 Å². The van der Waals surface area contributed by atoms with E-state index >= 15 is 0 Å². The van der Waals surface area contributed by atoms with Crippen molar-refractivity contribution in [2.45, 2.75) is 19.8 Å². The van der Waals surface area contributed by atoms with Crippen molar-refractivity contribution in [1.29, 1.82) is 5.41 Å². The molecule has 0 saturated heterocycles. The monoisotopic (exact) mass is 162 g/mol. The molecule has 0 aromatic heterocycles. The van der Waals surface area contributed by atoms with Crippen molar-refractivity contribution in [3.63, 3.8) is 0 Å². The molecule has 0 amide bonds. The SMILES string of the molecule is CC(C)c1ccc(N)c(C=N)c1. The Morgan fingerprint density at radius 2 is 2.08 bits per heavy atom. The molecule has 0 atom stereocenters. The lowest BCUT2D eigenvalue weighted by atomic mass is 10.0. The first-order chi connectivity index (χ1) is 5.65. The van der Waals surface area contributed by atoms with Crippen LogP contribution < -0.4 is 5.73 Å². The number of benzene rings is 1. The Bertz CT molecular complexity index is 290. The minimum atomic E-state index is 0.490. The van der Waals surface area contributed by atoms with E-state index in [1.54, 1.807) is 0 Å². The van der Waals surface area contributed by atoms with Gasteiger partial charge >= 0.3 is 0 Å². The Morgan fingerprint density at radius 1 is 1.42 bits per heavy atom. The van der Waals surface area contributed by atoms with Gasteiger partial charge in [-0.2, -0.15) is 0 Å². The van der Waals surface area contributed by atoms with Crippen molar-refractivity contribution in [1.82, 2.24) is 0 Å². The summed E-state index contributed by atoms with van der Waals surface area (Å²) in [6, 6.07) is 5.83. The van der Waals surface area contributed by atoms with Gasteiger partial charge in [0, 0.05) is 17.5 Å². The van der Waals surface area contributed by atoms with Crippen LogP contribution in [0.1, 0.15) is 30.9 Å². The molecule has 1 rings (SSSR count). The van der Waals surface area contributed by atoms with Crippen LogP contribution in [0.5, 0.6) is 0 Å². The van der Waals surface area contributed by atoms with E-state index in [-0.39, 0.29) is 0 Å². The molecule has 64 valence electrons. The largest absolute Gasteiger partial charge is 0.398 e. The molecule has 0 heterocycles. The van der Waals surface area contributed by atoms with Crippen molar-refractivity contribution in [3.05, 3.63) is 29.3 Å². The van der Waals surface area contributed by atoms with Crippen LogP contribution in [0.2, 0.25) is 0 Å². The summed E-state index contributed by atoms with van der Waals surface area (Å²) in [5.41, 5.74) is 8.36. The van der Waals surface area contributed by atoms with Crippen molar-refractivity contribution < 1.29 is 0 Å². The molecule has 0 radical (unpaired) electrons. The van der Waals surface area contributed by atoms with Gasteiger partial charge in [0.05, 0.1) is 0 Å². The summed E-state index contributed by atoms with van der Waals surface area (Å²) in [6.45, 7) is 4.25. The van der Waals surface area contributed by atoms with E-state index in [1.165, 1.54) is 11.8 Å². The molecule has 1 aromatic rings. The molecule has 0 bridgehead atoms. The first kappa shape index (κ1) is 8.78. The molecule has 0 aliphatic carbocycles. The van der Waals surface area contributed by atoms with E-state index in [0.717, 1.165) is 5.56 Å². The fourth-order valence-electron chi connectivity index (χ4n) is 1.08. The maximum absolute atomic E-state index is 7.12. The van der Waals surface area contributed by atoms with Gasteiger partial charge in [-0.05, 0) is 23.6 Å². The number of nitrogens with one attached hydrogen (secondary N) is 1. The zero-order valence-corrected chi connectivity index (χ0v) is 7.46. The molecule has 0 fully saturated rings. The predicted molar refractivity (Wildman–Crippen MR) is 52.8 cm³/mol. The lowest BCUT2D eigenvalue weighted by Crippen LogP contribution is -1.95. The molecule has 0 aliphatic rings. The molecule has 2 nitrogen and oxygen atoms in total. The molecule has 0 aliphatic heterocycles. The lowest BCUT2D eigenvalue weighted by molar-refractivity contribution is 0.867. The second kappa shape index (κ2) is 3.39. The Balaban J connectivity index is 3.13. The van der Waals surface area contributed by atoms with Crippen LogP contribution in [0.3, 0.4) is 0 Å². The highest BCUT2D eigenvalue weighted by Gasteiger charge is 2.01. The molecular formula is C10H14N2. The normalized spacial score (nSPS) is 10.2. The summed E-state index contributed by atoms with van der Waals surface area (Å²) in [7, 11) is 0. The third kappa shape index (κ3) is 1.64. The van der Waals surface area contributed by atoms with Crippen molar-refractivity contribution in [2.24, 2.45) is 0 Å². The fraction of sp³-hybridized carbons (Fsp3) is 0.300. The summed E-state index contributed by atoms with van der Waals surface area (Å²) >= 11 is 0. The minimum absolute atomic E-state index is 0.490. The van der Waals surface area contributed by atoms with E-state index in [9.17, 15) is 0 Å². The third-order valence-electron chi connectivity index (χ3n) is 1.93. The quantitative estimate of drug-likeness (QED) is 0.509. The smallest absolute Gasteiger partial charge is 0.0403 e. The average molecular weight is 162 g/mol. The fourth-order valence-corrected chi connectivity index (χ4v) is 1.08. The summed E-state index contributed by atoms with van der Waals surface area (Å²) < 4.78 is 0. The summed E-state index contributed by atoms with van der Waals surface area (Å²) in [6.07, 6.45) is 1.29. The number of hydrogen-bond donors (Lipinski definition) is 2. The van der Waals surface area contributed by atoms with Gasteiger partial charge in [0.2, 0.25) is 0 Å².